The highest BCUT2D eigenvalue weighted by molar-refractivity contribution is 5.81. The number of carbonyl (C=O) groups excluding carboxylic acids is 1. The summed E-state index contributed by atoms with van der Waals surface area (Å²) >= 11 is 0. The number of amides is 1. The second-order valence-corrected chi connectivity index (χ2v) is 3.37. The van der Waals surface area contributed by atoms with Crippen LogP contribution in [0.4, 0.5) is 0 Å². The van der Waals surface area contributed by atoms with Gasteiger partial charge in [-0.2, -0.15) is 0 Å². The lowest BCUT2D eigenvalue weighted by Crippen LogP contribution is -2.34. The summed E-state index contributed by atoms with van der Waals surface area (Å²) in [7, 11) is 0. The Morgan fingerprint density at radius 3 is 2.55 bits per heavy atom. The zero-order chi connectivity index (χ0) is 8.91. The smallest absolute Gasteiger partial charge is 0.225 e. The molecule has 0 aliphatic rings. The highest BCUT2D eigenvalue weighted by Gasteiger charge is 2.19. The maximum absolute atomic E-state index is 11.2. The summed E-state index contributed by atoms with van der Waals surface area (Å²) in [5.74, 6) is 0.0454. The zero-order valence-corrected chi connectivity index (χ0v) is 7.40. The molecule has 0 radical (unpaired) electrons. The van der Waals surface area contributed by atoms with E-state index in [4.69, 9.17) is 0 Å². The molecule has 11 heavy (non-hydrogen) atoms. The third-order valence-corrected chi connectivity index (χ3v) is 1.19. The number of rotatable bonds is 2. The standard InChI is InChI=1S/C9H15NO/c1-5-6-7-10-8(11)9(2,3)4/h6H,1,7H2,2-4H3,(H,10,11). The van der Waals surface area contributed by atoms with Crippen LogP contribution in [0.2, 0.25) is 0 Å². The Balaban J connectivity index is 3.80. The van der Waals surface area contributed by atoms with Crippen molar-refractivity contribution in [3.8, 4) is 0 Å². The van der Waals surface area contributed by atoms with Gasteiger partial charge in [-0.15, -0.1) is 5.73 Å². The summed E-state index contributed by atoms with van der Waals surface area (Å²) in [6.45, 7) is 9.53. The average molecular weight is 153 g/mol. The fourth-order valence-corrected chi connectivity index (χ4v) is 0.481. The van der Waals surface area contributed by atoms with Crippen LogP contribution in [-0.4, -0.2) is 12.5 Å². The molecule has 0 saturated carbocycles. The summed E-state index contributed by atoms with van der Waals surface area (Å²) in [5, 5.41) is 2.73. The van der Waals surface area contributed by atoms with Crippen LogP contribution in [0.25, 0.3) is 0 Å². The fraction of sp³-hybridized carbons (Fsp3) is 0.556. The van der Waals surface area contributed by atoms with Crippen molar-refractivity contribution in [2.45, 2.75) is 20.8 Å². The first-order valence-corrected chi connectivity index (χ1v) is 3.61. The van der Waals surface area contributed by atoms with Gasteiger partial charge in [0, 0.05) is 12.0 Å². The maximum Gasteiger partial charge on any atom is 0.225 e. The molecule has 0 aliphatic heterocycles. The van der Waals surface area contributed by atoms with Gasteiger partial charge in [0.15, 0.2) is 0 Å². The third-order valence-electron chi connectivity index (χ3n) is 1.19. The van der Waals surface area contributed by atoms with Crippen molar-refractivity contribution in [2.24, 2.45) is 5.41 Å². The van der Waals surface area contributed by atoms with Crippen LogP contribution in [0.1, 0.15) is 20.8 Å². The molecular weight excluding hydrogens is 138 g/mol. The topological polar surface area (TPSA) is 29.1 Å². The van der Waals surface area contributed by atoms with Gasteiger partial charge in [-0.3, -0.25) is 4.79 Å². The Morgan fingerprint density at radius 2 is 2.18 bits per heavy atom. The van der Waals surface area contributed by atoms with Gasteiger partial charge in [0.1, 0.15) is 0 Å². The van der Waals surface area contributed by atoms with Crippen LogP contribution in [0.3, 0.4) is 0 Å². The quantitative estimate of drug-likeness (QED) is 0.598. The molecule has 0 aromatic rings. The molecule has 0 spiro atoms. The van der Waals surface area contributed by atoms with Crippen molar-refractivity contribution in [3.05, 3.63) is 18.4 Å². The molecular formula is C9H15NO. The van der Waals surface area contributed by atoms with Crippen molar-refractivity contribution in [3.63, 3.8) is 0 Å². The van der Waals surface area contributed by atoms with Gasteiger partial charge >= 0.3 is 0 Å². The normalized spacial score (nSPS) is 10.1. The molecule has 1 amide bonds. The van der Waals surface area contributed by atoms with E-state index in [9.17, 15) is 4.79 Å². The first-order valence-electron chi connectivity index (χ1n) is 3.61. The molecule has 0 bridgehead atoms. The largest absolute Gasteiger partial charge is 0.352 e. The lowest BCUT2D eigenvalue weighted by atomic mass is 9.96. The number of hydrogen-bond acceptors (Lipinski definition) is 1. The van der Waals surface area contributed by atoms with Gasteiger partial charge in [0.25, 0.3) is 0 Å². The molecule has 0 fully saturated rings. The van der Waals surface area contributed by atoms with E-state index < -0.39 is 0 Å². The zero-order valence-electron chi connectivity index (χ0n) is 7.40. The van der Waals surface area contributed by atoms with E-state index in [0.29, 0.717) is 6.54 Å². The van der Waals surface area contributed by atoms with Gasteiger partial charge in [0.05, 0.1) is 0 Å². The minimum Gasteiger partial charge on any atom is -0.352 e. The van der Waals surface area contributed by atoms with Crippen LogP contribution < -0.4 is 5.32 Å². The highest BCUT2D eigenvalue weighted by Crippen LogP contribution is 2.11. The predicted molar refractivity (Wildman–Crippen MR) is 46.2 cm³/mol. The molecule has 62 valence electrons. The van der Waals surface area contributed by atoms with E-state index in [0.717, 1.165) is 0 Å². The fourth-order valence-electron chi connectivity index (χ4n) is 0.481. The lowest BCUT2D eigenvalue weighted by molar-refractivity contribution is -0.128. The number of carbonyl (C=O) groups is 1. The molecule has 0 atom stereocenters. The van der Waals surface area contributed by atoms with E-state index in [2.05, 4.69) is 17.6 Å². The molecule has 0 saturated heterocycles. The molecule has 1 N–H and O–H groups in total. The van der Waals surface area contributed by atoms with E-state index in [1.807, 2.05) is 20.8 Å². The second kappa shape index (κ2) is 3.99. The van der Waals surface area contributed by atoms with E-state index in [1.54, 1.807) is 6.08 Å². The molecule has 2 nitrogen and oxygen atoms in total. The molecule has 0 rings (SSSR count). The van der Waals surface area contributed by atoms with E-state index in [-0.39, 0.29) is 11.3 Å². The summed E-state index contributed by atoms with van der Waals surface area (Å²) in [6, 6.07) is 0. The summed E-state index contributed by atoms with van der Waals surface area (Å²) in [4.78, 5) is 11.2. The van der Waals surface area contributed by atoms with Crippen molar-refractivity contribution in [1.29, 1.82) is 0 Å². The van der Waals surface area contributed by atoms with Crippen LogP contribution in [0.15, 0.2) is 18.4 Å². The Hall–Kier alpha value is -1.01. The first-order chi connectivity index (χ1) is 4.98. The predicted octanol–water partition coefficient (Wildman–Crippen LogP) is 1.49. The SMILES string of the molecule is C=C=CCNC(=O)C(C)(C)C. The van der Waals surface area contributed by atoms with Crippen molar-refractivity contribution in [2.75, 3.05) is 6.54 Å². The Kier molecular flexibility index (Phi) is 3.63. The maximum atomic E-state index is 11.2. The summed E-state index contributed by atoms with van der Waals surface area (Å²) in [6.07, 6.45) is 1.68. The number of nitrogens with one attached hydrogen (secondary N) is 1. The minimum atomic E-state index is -0.311. The Labute approximate surface area is 68.0 Å². The number of hydrogen-bond donors (Lipinski definition) is 1. The van der Waals surface area contributed by atoms with Crippen molar-refractivity contribution < 1.29 is 4.79 Å². The third kappa shape index (κ3) is 4.40. The lowest BCUT2D eigenvalue weighted by Gasteiger charge is -2.16. The average Bonchev–Trinajstić information content (AvgIpc) is 1.86. The molecule has 0 unspecified atom stereocenters. The highest BCUT2D eigenvalue weighted by atomic mass is 16.2. The molecule has 0 aliphatic carbocycles. The van der Waals surface area contributed by atoms with E-state index >= 15 is 0 Å². The first kappa shape index (κ1) is 9.99. The Morgan fingerprint density at radius 1 is 1.64 bits per heavy atom. The van der Waals surface area contributed by atoms with E-state index in [1.165, 1.54) is 0 Å². The summed E-state index contributed by atoms with van der Waals surface area (Å²) < 4.78 is 0. The van der Waals surface area contributed by atoms with Gasteiger partial charge in [0.2, 0.25) is 5.91 Å². The van der Waals surface area contributed by atoms with Crippen molar-refractivity contribution >= 4 is 5.91 Å². The van der Waals surface area contributed by atoms with Gasteiger partial charge in [-0.1, -0.05) is 27.4 Å². The minimum absolute atomic E-state index is 0.0454. The molecule has 0 aromatic heterocycles. The van der Waals surface area contributed by atoms with Crippen LogP contribution in [-0.2, 0) is 4.79 Å². The molecule has 0 aromatic carbocycles. The monoisotopic (exact) mass is 153 g/mol. The second-order valence-electron chi connectivity index (χ2n) is 3.37. The van der Waals surface area contributed by atoms with Crippen LogP contribution in [0.5, 0.6) is 0 Å². The summed E-state index contributed by atoms with van der Waals surface area (Å²) in [5.41, 5.74) is 2.27. The van der Waals surface area contributed by atoms with Crippen LogP contribution >= 0.6 is 0 Å². The molecule has 2 heteroatoms. The Bertz CT molecular complexity index is 182. The van der Waals surface area contributed by atoms with Gasteiger partial charge < -0.3 is 5.32 Å². The molecule has 0 heterocycles. The van der Waals surface area contributed by atoms with Gasteiger partial charge in [-0.25, -0.2) is 0 Å². The van der Waals surface area contributed by atoms with Gasteiger partial charge in [-0.05, 0) is 6.08 Å². The van der Waals surface area contributed by atoms with Crippen molar-refractivity contribution in [1.82, 2.24) is 5.32 Å². The van der Waals surface area contributed by atoms with Crippen LogP contribution in [0, 0.1) is 5.41 Å².